The third kappa shape index (κ3) is 3.13. The molecule has 0 unspecified atom stereocenters. The maximum Gasteiger partial charge on any atom is 0.121 e. The predicted molar refractivity (Wildman–Crippen MR) is 111 cm³/mol. The van der Waals surface area contributed by atoms with E-state index in [4.69, 9.17) is 14.5 Å². The highest BCUT2D eigenvalue weighted by Crippen LogP contribution is 2.42. The van der Waals surface area contributed by atoms with Crippen LogP contribution in [0.1, 0.15) is 0 Å². The molecule has 1 heterocycles. The Morgan fingerprint density at radius 2 is 1.58 bits per heavy atom. The molecule has 26 heavy (non-hydrogen) atoms. The summed E-state index contributed by atoms with van der Waals surface area (Å²) < 4.78 is 11.7. The maximum atomic E-state index is 5.37. The lowest BCUT2D eigenvalue weighted by Gasteiger charge is -2.13. The fraction of sp³-hybridized carbons (Fsp3) is 0.0952. The molecule has 4 rings (SSSR count). The zero-order valence-electron chi connectivity index (χ0n) is 14.3. The lowest BCUT2D eigenvalue weighted by atomic mass is 10.1. The Labute approximate surface area is 164 Å². The topological polar surface area (TPSA) is 31.4 Å². The summed E-state index contributed by atoms with van der Waals surface area (Å²) in [6.45, 7) is 0. The van der Waals surface area contributed by atoms with Crippen LogP contribution < -0.4 is 9.47 Å². The standard InChI is InChI=1S/C21H16BrNO2S/c1-24-13-6-9-15(10-7-13)26-21-16-11-8-14(25-2)12-19(16)23-18-5-3-4-17(22)20(18)21/h3-12H,1-2H3. The number of rotatable bonds is 4. The molecule has 3 nitrogen and oxygen atoms in total. The molecule has 4 aromatic rings. The van der Waals surface area contributed by atoms with Crippen molar-refractivity contribution in [3.63, 3.8) is 0 Å². The van der Waals surface area contributed by atoms with E-state index in [1.165, 1.54) is 4.90 Å². The van der Waals surface area contributed by atoms with Crippen LogP contribution in [0.3, 0.4) is 0 Å². The third-order valence-corrected chi connectivity index (χ3v) is 5.99. The van der Waals surface area contributed by atoms with Gasteiger partial charge in [0, 0.05) is 31.1 Å². The molecule has 3 aromatic carbocycles. The molecule has 0 N–H and O–H groups in total. The van der Waals surface area contributed by atoms with Gasteiger partial charge in [0.15, 0.2) is 0 Å². The van der Waals surface area contributed by atoms with E-state index >= 15 is 0 Å². The predicted octanol–water partition coefficient (Wildman–Crippen LogP) is 6.32. The van der Waals surface area contributed by atoms with Crippen molar-refractivity contribution in [3.05, 3.63) is 65.1 Å². The van der Waals surface area contributed by atoms with Gasteiger partial charge in [-0.05, 0) is 48.5 Å². The van der Waals surface area contributed by atoms with Crippen molar-refractivity contribution in [2.75, 3.05) is 14.2 Å². The lowest BCUT2D eigenvalue weighted by molar-refractivity contribution is 0.414. The molecule has 0 amide bonds. The van der Waals surface area contributed by atoms with Gasteiger partial charge in [0.1, 0.15) is 11.5 Å². The van der Waals surface area contributed by atoms with Gasteiger partial charge >= 0.3 is 0 Å². The summed E-state index contributed by atoms with van der Waals surface area (Å²) in [5.41, 5.74) is 1.88. The average Bonchev–Trinajstić information content (AvgIpc) is 2.68. The van der Waals surface area contributed by atoms with E-state index in [-0.39, 0.29) is 0 Å². The number of methoxy groups -OCH3 is 2. The minimum absolute atomic E-state index is 0.805. The first-order valence-corrected chi connectivity index (χ1v) is 9.68. The van der Waals surface area contributed by atoms with Crippen LogP contribution in [0, 0.1) is 0 Å². The summed E-state index contributed by atoms with van der Waals surface area (Å²) in [7, 11) is 3.35. The largest absolute Gasteiger partial charge is 0.497 e. The summed E-state index contributed by atoms with van der Waals surface area (Å²) in [6, 6.07) is 20.2. The van der Waals surface area contributed by atoms with E-state index in [9.17, 15) is 0 Å². The summed E-state index contributed by atoms with van der Waals surface area (Å²) in [5, 5.41) is 2.22. The van der Waals surface area contributed by atoms with Crippen molar-refractivity contribution in [2.45, 2.75) is 9.79 Å². The van der Waals surface area contributed by atoms with E-state index in [1.54, 1.807) is 26.0 Å². The second-order valence-electron chi connectivity index (χ2n) is 5.74. The molecule has 0 saturated heterocycles. The average molecular weight is 426 g/mol. The second-order valence-corrected chi connectivity index (χ2v) is 7.67. The van der Waals surface area contributed by atoms with Crippen molar-refractivity contribution >= 4 is 49.5 Å². The molecule has 0 spiro atoms. The van der Waals surface area contributed by atoms with Crippen molar-refractivity contribution < 1.29 is 9.47 Å². The molecule has 0 aliphatic carbocycles. The Morgan fingerprint density at radius 3 is 2.31 bits per heavy atom. The van der Waals surface area contributed by atoms with E-state index in [0.29, 0.717) is 0 Å². The molecule has 0 aliphatic heterocycles. The third-order valence-electron chi connectivity index (χ3n) is 4.19. The summed E-state index contributed by atoms with van der Waals surface area (Å²) in [4.78, 5) is 7.15. The number of hydrogen-bond donors (Lipinski definition) is 0. The number of fused-ring (bicyclic) bond motifs is 2. The van der Waals surface area contributed by atoms with Gasteiger partial charge in [-0.25, -0.2) is 4.98 Å². The van der Waals surface area contributed by atoms with E-state index in [2.05, 4.69) is 40.2 Å². The molecule has 1 aromatic heterocycles. The van der Waals surface area contributed by atoms with Crippen LogP contribution >= 0.6 is 27.7 Å². The van der Waals surface area contributed by atoms with Gasteiger partial charge in [0.25, 0.3) is 0 Å². The second kappa shape index (κ2) is 7.17. The number of ether oxygens (including phenoxy) is 2. The number of aromatic nitrogens is 1. The van der Waals surface area contributed by atoms with Gasteiger partial charge in [-0.1, -0.05) is 33.8 Å². The number of hydrogen-bond acceptors (Lipinski definition) is 4. The Hall–Kier alpha value is -2.24. The minimum atomic E-state index is 0.805. The zero-order valence-corrected chi connectivity index (χ0v) is 16.7. The Morgan fingerprint density at radius 1 is 0.846 bits per heavy atom. The van der Waals surface area contributed by atoms with Gasteiger partial charge in [-0.3, -0.25) is 0 Å². The molecule has 0 bridgehead atoms. The Kier molecular flexibility index (Phi) is 4.74. The monoisotopic (exact) mass is 425 g/mol. The van der Waals surface area contributed by atoms with Crippen LogP contribution in [0.5, 0.6) is 11.5 Å². The van der Waals surface area contributed by atoms with Gasteiger partial charge < -0.3 is 9.47 Å². The van der Waals surface area contributed by atoms with Crippen LogP contribution in [0.2, 0.25) is 0 Å². The minimum Gasteiger partial charge on any atom is -0.497 e. The first-order valence-electron chi connectivity index (χ1n) is 8.07. The summed E-state index contributed by atoms with van der Waals surface area (Å²) in [5.74, 6) is 1.66. The molecule has 0 fully saturated rings. The molecular weight excluding hydrogens is 410 g/mol. The summed E-state index contributed by atoms with van der Waals surface area (Å²) in [6.07, 6.45) is 0. The van der Waals surface area contributed by atoms with E-state index < -0.39 is 0 Å². The molecular formula is C21H16BrNO2S. The maximum absolute atomic E-state index is 5.37. The smallest absolute Gasteiger partial charge is 0.121 e. The van der Waals surface area contributed by atoms with Crippen molar-refractivity contribution in [2.24, 2.45) is 0 Å². The van der Waals surface area contributed by atoms with Gasteiger partial charge in [-0.15, -0.1) is 0 Å². The Bertz CT molecular complexity index is 1100. The van der Waals surface area contributed by atoms with Crippen LogP contribution in [-0.4, -0.2) is 19.2 Å². The van der Waals surface area contributed by atoms with Crippen LogP contribution in [-0.2, 0) is 0 Å². The fourth-order valence-electron chi connectivity index (χ4n) is 2.89. The first-order chi connectivity index (χ1) is 12.7. The van der Waals surface area contributed by atoms with Gasteiger partial charge in [0.2, 0.25) is 0 Å². The molecule has 0 saturated carbocycles. The Balaban J connectivity index is 1.95. The fourth-order valence-corrected chi connectivity index (χ4v) is 4.68. The van der Waals surface area contributed by atoms with E-state index in [0.717, 1.165) is 42.7 Å². The highest BCUT2D eigenvalue weighted by Gasteiger charge is 2.14. The van der Waals surface area contributed by atoms with E-state index in [1.807, 2.05) is 36.4 Å². The number of nitrogens with zero attached hydrogens (tertiary/aromatic N) is 1. The van der Waals surface area contributed by atoms with Gasteiger partial charge in [0.05, 0.1) is 25.3 Å². The van der Waals surface area contributed by atoms with Crippen molar-refractivity contribution in [1.82, 2.24) is 4.98 Å². The lowest BCUT2D eigenvalue weighted by Crippen LogP contribution is -1.90. The quantitative estimate of drug-likeness (QED) is 0.358. The molecule has 5 heteroatoms. The highest BCUT2D eigenvalue weighted by atomic mass is 79.9. The molecule has 130 valence electrons. The SMILES string of the molecule is COc1ccc(Sc2c3ccc(OC)cc3nc3cccc(Br)c23)cc1. The molecule has 0 radical (unpaired) electrons. The van der Waals surface area contributed by atoms with Crippen molar-refractivity contribution in [3.8, 4) is 11.5 Å². The number of halogens is 1. The summed E-state index contributed by atoms with van der Waals surface area (Å²) >= 11 is 5.43. The molecule has 0 atom stereocenters. The highest BCUT2D eigenvalue weighted by molar-refractivity contribution is 9.10. The van der Waals surface area contributed by atoms with Crippen LogP contribution in [0.15, 0.2) is 74.9 Å². The van der Waals surface area contributed by atoms with Crippen LogP contribution in [0.4, 0.5) is 0 Å². The first kappa shape index (κ1) is 17.2. The van der Waals surface area contributed by atoms with Gasteiger partial charge in [-0.2, -0.15) is 0 Å². The normalized spacial score (nSPS) is 11.0. The molecule has 0 aliphatic rings. The number of pyridine rings is 1. The van der Waals surface area contributed by atoms with Crippen molar-refractivity contribution in [1.29, 1.82) is 0 Å². The van der Waals surface area contributed by atoms with Crippen LogP contribution in [0.25, 0.3) is 21.8 Å². The number of benzene rings is 3. The zero-order chi connectivity index (χ0) is 18.1.